The average molecular weight is 381 g/mol. The van der Waals surface area contributed by atoms with Crippen LogP contribution in [0.4, 0.5) is 0 Å². The molecule has 0 amide bonds. The van der Waals surface area contributed by atoms with Crippen molar-refractivity contribution in [2.24, 2.45) is 4.99 Å². The van der Waals surface area contributed by atoms with Gasteiger partial charge in [-0.1, -0.05) is 25.7 Å². The van der Waals surface area contributed by atoms with Crippen LogP contribution in [-0.2, 0) is 9.47 Å². The molecule has 3 rings (SSSR count). The highest BCUT2D eigenvalue weighted by molar-refractivity contribution is 5.79. The smallest absolute Gasteiger partial charge is 0.191 e. The Kier molecular flexibility index (Phi) is 8.68. The Bertz CT molecular complexity index is 437. The minimum absolute atomic E-state index is 0.225. The highest BCUT2D eigenvalue weighted by atomic mass is 16.5. The van der Waals surface area contributed by atoms with Gasteiger partial charge in [-0.2, -0.15) is 0 Å². The van der Waals surface area contributed by atoms with Crippen LogP contribution in [-0.4, -0.2) is 75.5 Å². The molecule has 2 N–H and O–H groups in total. The number of aliphatic imine (C=N–C) groups is 1. The molecule has 1 saturated carbocycles. The topological polar surface area (TPSA) is 58.1 Å². The fourth-order valence-corrected chi connectivity index (χ4v) is 4.82. The van der Waals surface area contributed by atoms with Gasteiger partial charge in [-0.05, 0) is 51.6 Å². The van der Waals surface area contributed by atoms with Crippen LogP contribution in [0.5, 0.6) is 0 Å². The van der Waals surface area contributed by atoms with E-state index < -0.39 is 0 Å². The van der Waals surface area contributed by atoms with Crippen LogP contribution < -0.4 is 10.6 Å². The van der Waals surface area contributed by atoms with Crippen LogP contribution >= 0.6 is 0 Å². The first-order valence-corrected chi connectivity index (χ1v) is 11.2. The zero-order valence-electron chi connectivity index (χ0n) is 17.3. The number of hydrogen-bond acceptors (Lipinski definition) is 4. The summed E-state index contributed by atoms with van der Waals surface area (Å²) in [4.78, 5) is 7.10. The monoisotopic (exact) mass is 380 g/mol. The highest BCUT2D eigenvalue weighted by Crippen LogP contribution is 2.30. The van der Waals surface area contributed by atoms with Crippen LogP contribution in [0.15, 0.2) is 4.99 Å². The van der Waals surface area contributed by atoms with Gasteiger partial charge in [0, 0.05) is 38.9 Å². The third-order valence-corrected chi connectivity index (χ3v) is 6.56. The number of rotatable bonds is 7. The normalized spacial score (nSPS) is 25.3. The zero-order valence-corrected chi connectivity index (χ0v) is 17.3. The standard InChI is InChI=1S/C21H40N4O2/c1-22-20(23-12-17-27-19-8-4-2-3-5-9-19)24-18-21(10-15-26-16-11-21)25-13-6-7-14-25/h19H,2-18H2,1H3,(H2,22,23,24). The number of nitrogens with one attached hydrogen (secondary N) is 2. The van der Waals surface area contributed by atoms with Crippen LogP contribution in [0.3, 0.4) is 0 Å². The number of hydrogen-bond donors (Lipinski definition) is 2. The Morgan fingerprint density at radius 3 is 2.41 bits per heavy atom. The van der Waals surface area contributed by atoms with E-state index in [9.17, 15) is 0 Å². The average Bonchev–Trinajstić information content (AvgIpc) is 3.14. The molecule has 0 spiro atoms. The van der Waals surface area contributed by atoms with E-state index in [2.05, 4.69) is 20.5 Å². The predicted octanol–water partition coefficient (Wildman–Crippen LogP) is 2.54. The molecule has 0 atom stereocenters. The molecular formula is C21H40N4O2. The van der Waals surface area contributed by atoms with E-state index in [0.717, 1.165) is 51.7 Å². The fourth-order valence-electron chi connectivity index (χ4n) is 4.82. The lowest BCUT2D eigenvalue weighted by atomic mass is 9.88. The molecule has 2 heterocycles. The van der Waals surface area contributed by atoms with E-state index in [1.54, 1.807) is 0 Å². The molecule has 0 unspecified atom stereocenters. The largest absolute Gasteiger partial charge is 0.381 e. The van der Waals surface area contributed by atoms with Crippen molar-refractivity contribution in [3.8, 4) is 0 Å². The summed E-state index contributed by atoms with van der Waals surface area (Å²) in [6.07, 6.45) is 13.2. The van der Waals surface area contributed by atoms with Crippen molar-refractivity contribution in [3.05, 3.63) is 0 Å². The molecule has 2 saturated heterocycles. The van der Waals surface area contributed by atoms with Gasteiger partial charge in [0.2, 0.25) is 0 Å². The van der Waals surface area contributed by atoms with E-state index in [1.807, 2.05) is 7.05 Å². The quantitative estimate of drug-likeness (QED) is 0.308. The van der Waals surface area contributed by atoms with Crippen molar-refractivity contribution in [1.82, 2.24) is 15.5 Å². The number of guanidine groups is 1. The summed E-state index contributed by atoms with van der Waals surface area (Å²) in [7, 11) is 1.86. The summed E-state index contributed by atoms with van der Waals surface area (Å²) in [5.41, 5.74) is 0.225. The summed E-state index contributed by atoms with van der Waals surface area (Å²) < 4.78 is 11.7. The van der Waals surface area contributed by atoms with Crippen LogP contribution in [0.25, 0.3) is 0 Å². The zero-order chi connectivity index (χ0) is 18.8. The second kappa shape index (κ2) is 11.2. The van der Waals surface area contributed by atoms with Gasteiger partial charge in [-0.25, -0.2) is 0 Å². The molecule has 3 aliphatic rings. The van der Waals surface area contributed by atoms with E-state index >= 15 is 0 Å². The molecule has 2 aliphatic heterocycles. The lowest BCUT2D eigenvalue weighted by Crippen LogP contribution is -2.58. The van der Waals surface area contributed by atoms with Crippen LogP contribution in [0.1, 0.15) is 64.2 Å². The van der Waals surface area contributed by atoms with Crippen molar-refractivity contribution in [2.75, 3.05) is 53.0 Å². The maximum atomic E-state index is 6.08. The fraction of sp³-hybridized carbons (Fsp3) is 0.952. The van der Waals surface area contributed by atoms with E-state index in [-0.39, 0.29) is 5.54 Å². The molecule has 6 heteroatoms. The summed E-state index contributed by atoms with van der Waals surface area (Å²) in [5, 5.41) is 7.03. The van der Waals surface area contributed by atoms with Gasteiger partial charge in [-0.15, -0.1) is 0 Å². The van der Waals surface area contributed by atoms with Gasteiger partial charge in [0.1, 0.15) is 0 Å². The molecule has 6 nitrogen and oxygen atoms in total. The Morgan fingerprint density at radius 2 is 1.74 bits per heavy atom. The maximum Gasteiger partial charge on any atom is 0.191 e. The van der Waals surface area contributed by atoms with Gasteiger partial charge in [0.25, 0.3) is 0 Å². The number of likely N-dealkylation sites (tertiary alicyclic amines) is 1. The van der Waals surface area contributed by atoms with Crippen molar-refractivity contribution in [3.63, 3.8) is 0 Å². The first-order valence-electron chi connectivity index (χ1n) is 11.2. The van der Waals surface area contributed by atoms with Gasteiger partial charge >= 0.3 is 0 Å². The summed E-state index contributed by atoms with van der Waals surface area (Å²) in [5.74, 6) is 0.893. The molecule has 0 bridgehead atoms. The second-order valence-electron chi connectivity index (χ2n) is 8.37. The maximum absolute atomic E-state index is 6.08. The molecular weight excluding hydrogens is 340 g/mol. The van der Waals surface area contributed by atoms with E-state index in [0.29, 0.717) is 6.10 Å². The molecule has 0 aromatic rings. The van der Waals surface area contributed by atoms with Crippen molar-refractivity contribution in [2.45, 2.75) is 75.9 Å². The summed E-state index contributed by atoms with van der Waals surface area (Å²) in [6.45, 7) is 6.72. The van der Waals surface area contributed by atoms with E-state index in [4.69, 9.17) is 9.47 Å². The third kappa shape index (κ3) is 6.33. The van der Waals surface area contributed by atoms with Crippen molar-refractivity contribution >= 4 is 5.96 Å². The Morgan fingerprint density at radius 1 is 1.04 bits per heavy atom. The lowest BCUT2D eigenvalue weighted by molar-refractivity contribution is -0.0164. The second-order valence-corrected chi connectivity index (χ2v) is 8.37. The lowest BCUT2D eigenvalue weighted by Gasteiger charge is -2.45. The Hall–Kier alpha value is -0.850. The van der Waals surface area contributed by atoms with Crippen LogP contribution in [0.2, 0.25) is 0 Å². The molecule has 0 aromatic heterocycles. The van der Waals surface area contributed by atoms with Gasteiger partial charge in [0.05, 0.1) is 12.7 Å². The molecule has 0 aromatic carbocycles. The van der Waals surface area contributed by atoms with Gasteiger partial charge in [0.15, 0.2) is 5.96 Å². The van der Waals surface area contributed by atoms with E-state index in [1.165, 1.54) is 64.5 Å². The minimum Gasteiger partial charge on any atom is -0.381 e. The summed E-state index contributed by atoms with van der Waals surface area (Å²) in [6, 6.07) is 0. The molecule has 1 aliphatic carbocycles. The van der Waals surface area contributed by atoms with Crippen molar-refractivity contribution < 1.29 is 9.47 Å². The predicted molar refractivity (Wildman–Crippen MR) is 110 cm³/mol. The van der Waals surface area contributed by atoms with Gasteiger partial charge in [-0.3, -0.25) is 9.89 Å². The molecule has 27 heavy (non-hydrogen) atoms. The van der Waals surface area contributed by atoms with Crippen LogP contribution in [0, 0.1) is 0 Å². The third-order valence-electron chi connectivity index (χ3n) is 6.56. The Balaban J connectivity index is 1.39. The first-order chi connectivity index (χ1) is 13.3. The number of nitrogens with zero attached hydrogens (tertiary/aromatic N) is 2. The molecule has 0 radical (unpaired) electrons. The SMILES string of the molecule is CN=C(NCCOC1CCCCCC1)NCC1(N2CCCC2)CCOCC1. The first kappa shape index (κ1) is 20.9. The Labute approximate surface area is 165 Å². The number of ether oxygens (including phenoxy) is 2. The summed E-state index contributed by atoms with van der Waals surface area (Å²) >= 11 is 0. The minimum atomic E-state index is 0.225. The van der Waals surface area contributed by atoms with Crippen molar-refractivity contribution in [1.29, 1.82) is 0 Å². The highest BCUT2D eigenvalue weighted by Gasteiger charge is 2.39. The molecule has 156 valence electrons. The molecule has 3 fully saturated rings. The van der Waals surface area contributed by atoms with Gasteiger partial charge < -0.3 is 20.1 Å².